The van der Waals surface area contributed by atoms with E-state index in [0.717, 1.165) is 22.7 Å². The zero-order chi connectivity index (χ0) is 14.7. The summed E-state index contributed by atoms with van der Waals surface area (Å²) in [6, 6.07) is 4.31. The molecule has 1 atom stereocenters. The molecule has 1 unspecified atom stereocenters. The molecule has 0 spiro atoms. The second-order valence-corrected chi connectivity index (χ2v) is 5.04. The molecule has 0 amide bonds. The Morgan fingerprint density at radius 1 is 1.35 bits per heavy atom. The van der Waals surface area contributed by atoms with Crippen LogP contribution in [0.3, 0.4) is 0 Å². The fraction of sp³-hybridized carbons (Fsp3) is 0.467. The van der Waals surface area contributed by atoms with Crippen LogP contribution in [0, 0.1) is 6.92 Å². The first-order valence-corrected chi connectivity index (χ1v) is 6.80. The van der Waals surface area contributed by atoms with Gasteiger partial charge in [-0.1, -0.05) is 6.07 Å². The molecule has 0 aromatic carbocycles. The SMILES string of the molecule is CNC(c1cccnc1C)c1c(OC)cnn1C(C)C. The van der Waals surface area contributed by atoms with Gasteiger partial charge in [-0.25, -0.2) is 0 Å². The summed E-state index contributed by atoms with van der Waals surface area (Å²) < 4.78 is 7.47. The smallest absolute Gasteiger partial charge is 0.161 e. The standard InChI is InChI=1S/C15H22N4O/c1-10(2)19-15(13(20-5)9-18-19)14(16-4)12-7-6-8-17-11(12)3/h6-10,14,16H,1-5H3. The quantitative estimate of drug-likeness (QED) is 0.910. The first-order chi connectivity index (χ1) is 9.60. The number of pyridine rings is 1. The summed E-state index contributed by atoms with van der Waals surface area (Å²) in [5.41, 5.74) is 3.17. The molecular formula is C15H22N4O. The van der Waals surface area contributed by atoms with E-state index in [1.54, 1.807) is 13.3 Å². The van der Waals surface area contributed by atoms with E-state index in [1.165, 1.54) is 0 Å². The number of nitrogens with one attached hydrogen (secondary N) is 1. The number of methoxy groups -OCH3 is 1. The predicted molar refractivity (Wildman–Crippen MR) is 79.0 cm³/mol. The molecule has 2 rings (SSSR count). The summed E-state index contributed by atoms with van der Waals surface area (Å²) in [7, 11) is 3.61. The lowest BCUT2D eigenvalue weighted by Gasteiger charge is -2.22. The van der Waals surface area contributed by atoms with Crippen LogP contribution >= 0.6 is 0 Å². The minimum Gasteiger partial charge on any atom is -0.493 e. The summed E-state index contributed by atoms with van der Waals surface area (Å²) in [6.45, 7) is 6.24. The van der Waals surface area contributed by atoms with E-state index in [2.05, 4.69) is 35.3 Å². The molecule has 0 bridgehead atoms. The fourth-order valence-electron chi connectivity index (χ4n) is 2.44. The van der Waals surface area contributed by atoms with Crippen molar-refractivity contribution >= 4 is 0 Å². The molecular weight excluding hydrogens is 252 g/mol. The van der Waals surface area contributed by atoms with E-state index >= 15 is 0 Å². The van der Waals surface area contributed by atoms with Crippen molar-refractivity contribution in [2.45, 2.75) is 32.9 Å². The summed E-state index contributed by atoms with van der Waals surface area (Å²) in [4.78, 5) is 4.38. The van der Waals surface area contributed by atoms with Gasteiger partial charge < -0.3 is 10.1 Å². The summed E-state index contributed by atoms with van der Waals surface area (Å²) in [5.74, 6) is 0.793. The molecule has 5 nitrogen and oxygen atoms in total. The molecule has 0 saturated carbocycles. The average Bonchev–Trinajstić information content (AvgIpc) is 2.86. The second-order valence-electron chi connectivity index (χ2n) is 5.04. The van der Waals surface area contributed by atoms with Crippen LogP contribution in [0.4, 0.5) is 0 Å². The van der Waals surface area contributed by atoms with Gasteiger partial charge in [0.25, 0.3) is 0 Å². The third-order valence-electron chi connectivity index (χ3n) is 3.43. The maximum absolute atomic E-state index is 5.48. The minimum absolute atomic E-state index is 0.00329. The lowest BCUT2D eigenvalue weighted by atomic mass is 10.0. The molecule has 0 aliphatic heterocycles. The molecule has 0 aliphatic carbocycles. The Kier molecular flexibility index (Phi) is 4.39. The molecule has 2 heterocycles. The number of rotatable bonds is 5. The van der Waals surface area contributed by atoms with Crippen molar-refractivity contribution in [3.05, 3.63) is 41.5 Å². The van der Waals surface area contributed by atoms with E-state index in [9.17, 15) is 0 Å². The largest absolute Gasteiger partial charge is 0.493 e. The fourth-order valence-corrected chi connectivity index (χ4v) is 2.44. The first kappa shape index (κ1) is 14.5. The Morgan fingerprint density at radius 2 is 2.10 bits per heavy atom. The zero-order valence-electron chi connectivity index (χ0n) is 12.7. The number of nitrogens with zero attached hydrogens (tertiary/aromatic N) is 3. The highest BCUT2D eigenvalue weighted by Gasteiger charge is 2.24. The van der Waals surface area contributed by atoms with Crippen LogP contribution in [0.25, 0.3) is 0 Å². The van der Waals surface area contributed by atoms with Gasteiger partial charge in [-0.15, -0.1) is 0 Å². The molecule has 20 heavy (non-hydrogen) atoms. The van der Waals surface area contributed by atoms with Gasteiger partial charge in [-0.05, 0) is 39.4 Å². The average molecular weight is 274 g/mol. The van der Waals surface area contributed by atoms with E-state index in [-0.39, 0.29) is 12.1 Å². The second kappa shape index (κ2) is 6.05. The predicted octanol–water partition coefficient (Wildman–Crippen LogP) is 2.48. The highest BCUT2D eigenvalue weighted by molar-refractivity contribution is 5.38. The van der Waals surface area contributed by atoms with Crippen LogP contribution in [0.1, 0.15) is 42.9 Å². The van der Waals surface area contributed by atoms with Gasteiger partial charge in [0.1, 0.15) is 5.69 Å². The number of hydrogen-bond donors (Lipinski definition) is 1. The van der Waals surface area contributed by atoms with Crippen molar-refractivity contribution < 1.29 is 4.74 Å². The Morgan fingerprint density at radius 3 is 2.65 bits per heavy atom. The van der Waals surface area contributed by atoms with Gasteiger partial charge in [0.15, 0.2) is 5.75 Å². The molecule has 0 aliphatic rings. The van der Waals surface area contributed by atoms with Crippen LogP contribution in [0.2, 0.25) is 0 Å². The number of aryl methyl sites for hydroxylation is 1. The Labute approximate surface area is 120 Å². The van der Waals surface area contributed by atoms with Crippen molar-refractivity contribution in [2.24, 2.45) is 0 Å². The van der Waals surface area contributed by atoms with Crippen molar-refractivity contribution in [3.63, 3.8) is 0 Å². The molecule has 1 N–H and O–H groups in total. The van der Waals surface area contributed by atoms with Crippen molar-refractivity contribution in [1.29, 1.82) is 0 Å². The van der Waals surface area contributed by atoms with Crippen molar-refractivity contribution in [2.75, 3.05) is 14.2 Å². The molecule has 108 valence electrons. The van der Waals surface area contributed by atoms with E-state index < -0.39 is 0 Å². The number of hydrogen-bond acceptors (Lipinski definition) is 4. The van der Waals surface area contributed by atoms with Gasteiger partial charge >= 0.3 is 0 Å². The van der Waals surface area contributed by atoms with Crippen molar-refractivity contribution in [3.8, 4) is 5.75 Å². The molecule has 0 radical (unpaired) electrons. The summed E-state index contributed by atoms with van der Waals surface area (Å²) in [5, 5.41) is 7.79. The van der Waals surface area contributed by atoms with E-state index in [4.69, 9.17) is 4.74 Å². The van der Waals surface area contributed by atoms with Gasteiger partial charge in [0.05, 0.1) is 19.3 Å². The topological polar surface area (TPSA) is 52.0 Å². The molecule has 5 heteroatoms. The molecule has 2 aromatic heterocycles. The third-order valence-corrected chi connectivity index (χ3v) is 3.43. The Hall–Kier alpha value is -1.88. The van der Waals surface area contributed by atoms with Crippen LogP contribution in [0.15, 0.2) is 24.5 Å². The lowest BCUT2D eigenvalue weighted by Crippen LogP contribution is -2.24. The molecule has 0 saturated heterocycles. The van der Waals surface area contributed by atoms with Gasteiger partial charge in [-0.3, -0.25) is 9.67 Å². The maximum atomic E-state index is 5.48. The number of aromatic nitrogens is 3. The van der Waals surface area contributed by atoms with Gasteiger partial charge in [0, 0.05) is 17.9 Å². The monoisotopic (exact) mass is 274 g/mol. The molecule has 0 fully saturated rings. The molecule has 2 aromatic rings. The normalized spacial score (nSPS) is 12.7. The summed E-state index contributed by atoms with van der Waals surface area (Å²) in [6.07, 6.45) is 3.58. The highest BCUT2D eigenvalue weighted by atomic mass is 16.5. The van der Waals surface area contributed by atoms with Crippen LogP contribution in [-0.4, -0.2) is 28.9 Å². The van der Waals surface area contributed by atoms with Crippen molar-refractivity contribution in [1.82, 2.24) is 20.1 Å². The van der Waals surface area contributed by atoms with E-state index in [0.29, 0.717) is 0 Å². The highest BCUT2D eigenvalue weighted by Crippen LogP contribution is 2.32. The van der Waals surface area contributed by atoms with Gasteiger partial charge in [0.2, 0.25) is 0 Å². The van der Waals surface area contributed by atoms with Gasteiger partial charge in [-0.2, -0.15) is 5.10 Å². The minimum atomic E-state index is 0.00329. The van der Waals surface area contributed by atoms with Crippen LogP contribution in [0.5, 0.6) is 5.75 Å². The lowest BCUT2D eigenvalue weighted by molar-refractivity contribution is 0.396. The van der Waals surface area contributed by atoms with Crippen LogP contribution in [-0.2, 0) is 0 Å². The first-order valence-electron chi connectivity index (χ1n) is 6.80. The van der Waals surface area contributed by atoms with Crippen LogP contribution < -0.4 is 10.1 Å². The van der Waals surface area contributed by atoms with E-state index in [1.807, 2.05) is 30.9 Å². The Bertz CT molecular complexity index is 577. The third kappa shape index (κ3) is 2.54. The maximum Gasteiger partial charge on any atom is 0.161 e. The zero-order valence-corrected chi connectivity index (χ0v) is 12.7. The Balaban J connectivity index is 2.57. The summed E-state index contributed by atoms with van der Waals surface area (Å²) >= 11 is 0. The number of ether oxygens (including phenoxy) is 1.